The highest BCUT2D eigenvalue weighted by Gasteiger charge is 2.37. The molecular formula is C40H47FN2O6. The Bertz CT molecular complexity index is 1730. The van der Waals surface area contributed by atoms with E-state index in [1.807, 2.05) is 58.0 Å². The second kappa shape index (κ2) is 15.4. The molecule has 3 aromatic carbocycles. The molecule has 2 N–H and O–H groups in total. The number of hydrogen-bond donors (Lipinski definition) is 2. The first kappa shape index (κ1) is 35.8. The van der Waals surface area contributed by atoms with Crippen molar-refractivity contribution < 1.29 is 33.3 Å². The third-order valence-corrected chi connectivity index (χ3v) is 8.46. The molecule has 260 valence electrons. The molecule has 4 aromatic rings. The summed E-state index contributed by atoms with van der Waals surface area (Å²) in [5, 5.41) is 12.9. The van der Waals surface area contributed by atoms with E-state index in [0.717, 1.165) is 28.1 Å². The minimum atomic E-state index is -0.909. The number of hydrogen-bond acceptors (Lipinski definition) is 6. The normalized spacial score (nSPS) is 17.3. The Morgan fingerprint density at radius 2 is 1.59 bits per heavy atom. The molecule has 49 heavy (non-hydrogen) atoms. The molecule has 5 rings (SSSR count). The monoisotopic (exact) mass is 670 g/mol. The van der Waals surface area contributed by atoms with Crippen LogP contribution in [0.25, 0.3) is 22.4 Å². The van der Waals surface area contributed by atoms with E-state index in [2.05, 4.69) is 23.7 Å². The second-order valence-electron chi connectivity index (χ2n) is 13.8. The average Bonchev–Trinajstić information content (AvgIpc) is 3.39. The van der Waals surface area contributed by atoms with E-state index >= 15 is 0 Å². The van der Waals surface area contributed by atoms with Gasteiger partial charge in [-0.1, -0.05) is 58.0 Å². The molecule has 1 aliphatic rings. The van der Waals surface area contributed by atoms with Gasteiger partial charge in [0.1, 0.15) is 11.6 Å². The van der Waals surface area contributed by atoms with Crippen LogP contribution >= 0.6 is 0 Å². The predicted octanol–water partition coefficient (Wildman–Crippen LogP) is 8.93. The van der Waals surface area contributed by atoms with Crippen molar-refractivity contribution in [3.8, 4) is 28.1 Å². The topological polar surface area (TPSA) is 99.0 Å². The minimum Gasteiger partial charge on any atom is -0.508 e. The average molecular weight is 671 g/mol. The van der Waals surface area contributed by atoms with Gasteiger partial charge in [0.05, 0.1) is 36.5 Å². The van der Waals surface area contributed by atoms with Crippen molar-refractivity contribution in [2.45, 2.75) is 91.3 Å². The van der Waals surface area contributed by atoms with Crippen LogP contribution in [0.2, 0.25) is 0 Å². The lowest BCUT2D eigenvalue weighted by Gasteiger charge is -2.40. The lowest BCUT2D eigenvalue weighted by Crippen LogP contribution is -2.45. The third-order valence-electron chi connectivity index (χ3n) is 8.46. The summed E-state index contributed by atoms with van der Waals surface area (Å²) in [7, 11) is 0. The van der Waals surface area contributed by atoms with E-state index in [1.165, 1.54) is 24.3 Å². The van der Waals surface area contributed by atoms with Crippen molar-refractivity contribution in [2.75, 3.05) is 11.9 Å². The number of amides is 1. The zero-order valence-corrected chi connectivity index (χ0v) is 29.2. The number of nitrogens with one attached hydrogen (secondary N) is 1. The lowest BCUT2D eigenvalue weighted by atomic mass is 9.94. The smallest absolute Gasteiger partial charge is 0.308 e. The number of phenols is 1. The Balaban J connectivity index is 1.58. The Labute approximate surface area is 288 Å². The van der Waals surface area contributed by atoms with Gasteiger partial charge in [-0.3, -0.25) is 9.59 Å². The van der Waals surface area contributed by atoms with Crippen LogP contribution in [0.4, 0.5) is 10.1 Å². The maximum Gasteiger partial charge on any atom is 0.308 e. The maximum atomic E-state index is 14.4. The number of ether oxygens (including phenoxy) is 3. The molecule has 1 saturated heterocycles. The summed E-state index contributed by atoms with van der Waals surface area (Å²) in [5.74, 6) is -1.58. The Morgan fingerprint density at radius 1 is 0.939 bits per heavy atom. The molecule has 9 heteroatoms. The molecule has 8 nitrogen and oxygen atoms in total. The quantitative estimate of drug-likeness (QED) is 0.115. The molecule has 0 radical (unpaired) electrons. The summed E-state index contributed by atoms with van der Waals surface area (Å²) in [4.78, 5) is 27.0. The van der Waals surface area contributed by atoms with E-state index < -0.39 is 5.79 Å². The first-order chi connectivity index (χ1) is 23.3. The molecular weight excluding hydrogens is 623 g/mol. The van der Waals surface area contributed by atoms with Gasteiger partial charge in [-0.2, -0.15) is 0 Å². The van der Waals surface area contributed by atoms with E-state index in [1.54, 1.807) is 24.3 Å². The Hall–Kier alpha value is -4.47. The number of halogens is 1. The molecule has 1 amide bonds. The summed E-state index contributed by atoms with van der Waals surface area (Å²) >= 11 is 0. The van der Waals surface area contributed by atoms with E-state index in [-0.39, 0.29) is 53.9 Å². The summed E-state index contributed by atoms with van der Waals surface area (Å²) < 4.78 is 34.4. The zero-order chi connectivity index (χ0) is 35.3. The van der Waals surface area contributed by atoms with Crippen LogP contribution in [-0.4, -0.2) is 46.2 Å². The molecule has 1 fully saturated rings. The number of benzene rings is 3. The molecule has 1 aromatic heterocycles. The molecule has 0 aliphatic carbocycles. The van der Waals surface area contributed by atoms with Crippen molar-refractivity contribution in [1.82, 2.24) is 4.57 Å². The van der Waals surface area contributed by atoms with Gasteiger partial charge in [0.25, 0.3) is 5.91 Å². The van der Waals surface area contributed by atoms with Gasteiger partial charge in [0, 0.05) is 29.9 Å². The summed E-state index contributed by atoms with van der Waals surface area (Å²) in [6.45, 7) is 12.6. The first-order valence-electron chi connectivity index (χ1n) is 17.0. The summed E-state index contributed by atoms with van der Waals surface area (Å²) in [5.41, 5.74) is 5.05. The van der Waals surface area contributed by atoms with E-state index in [4.69, 9.17) is 14.2 Å². The van der Waals surface area contributed by atoms with Gasteiger partial charge in [-0.05, 0) is 91.8 Å². The number of phenolic OH excluding ortho intramolecular Hbond substituents is 1. The van der Waals surface area contributed by atoms with Crippen LogP contribution in [-0.2, 0) is 25.5 Å². The van der Waals surface area contributed by atoms with Crippen LogP contribution in [0.1, 0.15) is 82.8 Å². The molecule has 2 atom stereocenters. The Morgan fingerprint density at radius 3 is 2.22 bits per heavy atom. The fourth-order valence-corrected chi connectivity index (χ4v) is 6.53. The van der Waals surface area contributed by atoms with Gasteiger partial charge in [-0.15, -0.1) is 0 Å². The number of carbonyl (C=O) groups is 2. The fraction of sp³-hybridized carbons (Fsp3) is 0.400. The fourth-order valence-electron chi connectivity index (χ4n) is 6.53. The van der Waals surface area contributed by atoms with Gasteiger partial charge >= 0.3 is 5.97 Å². The van der Waals surface area contributed by atoms with Crippen molar-refractivity contribution in [2.24, 2.45) is 5.92 Å². The van der Waals surface area contributed by atoms with Gasteiger partial charge in [-0.25, -0.2) is 4.39 Å². The van der Waals surface area contributed by atoms with E-state index in [9.17, 15) is 19.1 Å². The molecule has 0 saturated carbocycles. The van der Waals surface area contributed by atoms with Crippen LogP contribution in [0.15, 0.2) is 78.9 Å². The highest BCUT2D eigenvalue weighted by molar-refractivity contribution is 6.12. The molecule has 2 heterocycles. The van der Waals surface area contributed by atoms with Crippen LogP contribution in [0.3, 0.4) is 0 Å². The zero-order valence-electron chi connectivity index (χ0n) is 29.2. The largest absolute Gasteiger partial charge is 0.508 e. The SMILES string of the molecule is CC(C)COC(=O)C[C@H]1C[C@@H](CCn2c(-c3ccc(F)cc3)c(-c3ccccc3)c(C(=O)Nc3ccc(O)cc3)c2C(C)C)OC(C)(C)O1. The van der Waals surface area contributed by atoms with Crippen molar-refractivity contribution in [3.63, 3.8) is 0 Å². The predicted molar refractivity (Wildman–Crippen MR) is 189 cm³/mol. The van der Waals surface area contributed by atoms with Gasteiger partial charge < -0.3 is 29.2 Å². The number of esters is 1. The van der Waals surface area contributed by atoms with Crippen molar-refractivity contribution in [1.29, 1.82) is 0 Å². The number of carbonyl (C=O) groups excluding carboxylic acids is 2. The standard InChI is InChI=1S/C40H47FN2O6/c1-25(2)24-47-34(45)23-33-22-32(48-40(5,6)49-33)20-21-43-37(26(3)4)36(39(46)42-30-16-18-31(44)19-17-30)35(27-10-8-7-9-11-27)38(43)28-12-14-29(41)15-13-28/h7-19,25-26,32-33,44H,20-24H2,1-6H3,(H,42,46)/t32-,33-/m1/s1. The molecule has 0 unspecified atom stereocenters. The highest BCUT2D eigenvalue weighted by Crippen LogP contribution is 2.43. The van der Waals surface area contributed by atoms with Gasteiger partial charge in [0.15, 0.2) is 5.79 Å². The summed E-state index contributed by atoms with van der Waals surface area (Å²) in [6, 6.07) is 22.4. The number of aromatic hydroxyl groups is 1. The first-order valence-corrected chi connectivity index (χ1v) is 17.0. The number of anilines is 1. The van der Waals surface area contributed by atoms with Crippen LogP contribution in [0.5, 0.6) is 5.75 Å². The second-order valence-corrected chi connectivity index (χ2v) is 13.8. The third kappa shape index (κ3) is 8.96. The number of nitrogens with zero attached hydrogens (tertiary/aromatic N) is 1. The van der Waals surface area contributed by atoms with E-state index in [0.29, 0.717) is 37.2 Å². The number of aromatic nitrogens is 1. The molecule has 1 aliphatic heterocycles. The van der Waals surface area contributed by atoms with Crippen molar-refractivity contribution >= 4 is 17.6 Å². The molecule has 0 spiro atoms. The maximum absolute atomic E-state index is 14.4. The lowest BCUT2D eigenvalue weighted by molar-refractivity contribution is -0.300. The van der Waals surface area contributed by atoms with Crippen molar-refractivity contribution in [3.05, 3.63) is 95.9 Å². The highest BCUT2D eigenvalue weighted by atomic mass is 19.1. The molecule has 0 bridgehead atoms. The van der Waals surface area contributed by atoms with Crippen LogP contribution in [0, 0.1) is 11.7 Å². The van der Waals surface area contributed by atoms with Crippen LogP contribution < -0.4 is 5.32 Å². The number of rotatable bonds is 12. The Kier molecular flexibility index (Phi) is 11.3. The summed E-state index contributed by atoms with van der Waals surface area (Å²) in [6.07, 6.45) is 0.594. The minimum absolute atomic E-state index is 0.0762. The van der Waals surface area contributed by atoms with Gasteiger partial charge in [0.2, 0.25) is 0 Å².